The van der Waals surface area contributed by atoms with Gasteiger partial charge in [0.05, 0.1) is 17.1 Å². The van der Waals surface area contributed by atoms with Crippen LogP contribution in [0.3, 0.4) is 0 Å². The van der Waals surface area contributed by atoms with E-state index in [2.05, 4.69) is 93.0 Å². The van der Waals surface area contributed by atoms with Crippen LogP contribution in [0.25, 0.3) is 17.1 Å². The average molecular weight is 444 g/mol. The molecule has 7 heteroatoms. The van der Waals surface area contributed by atoms with E-state index >= 15 is 0 Å². The third-order valence-corrected chi connectivity index (χ3v) is 5.63. The second-order valence-corrected chi connectivity index (χ2v) is 7.74. The van der Waals surface area contributed by atoms with E-state index in [0.29, 0.717) is 0 Å². The summed E-state index contributed by atoms with van der Waals surface area (Å²) >= 11 is 0. The minimum absolute atomic E-state index is 1.01. The summed E-state index contributed by atoms with van der Waals surface area (Å²) in [7, 11) is 0. The zero-order valence-corrected chi connectivity index (χ0v) is 18.3. The van der Waals surface area contributed by atoms with Gasteiger partial charge in [0.25, 0.3) is 0 Å². The maximum absolute atomic E-state index is 4.33. The molecule has 6 aromatic rings. The molecule has 0 atom stereocenters. The van der Waals surface area contributed by atoms with Gasteiger partial charge in [-0.15, -0.1) is 0 Å². The highest BCUT2D eigenvalue weighted by Gasteiger charge is 2.13. The van der Waals surface area contributed by atoms with Gasteiger partial charge in [-0.1, -0.05) is 0 Å². The summed E-state index contributed by atoms with van der Waals surface area (Å²) in [6.45, 7) is 0. The van der Waals surface area contributed by atoms with Crippen LogP contribution in [0.5, 0.6) is 0 Å². The molecule has 164 valence electrons. The summed E-state index contributed by atoms with van der Waals surface area (Å²) in [5.41, 5.74) is 6.18. The topological polar surface area (TPSA) is 56.7 Å². The van der Waals surface area contributed by atoms with Crippen molar-refractivity contribution in [1.29, 1.82) is 0 Å². The first-order chi connectivity index (χ1) is 16.8. The van der Waals surface area contributed by atoms with Crippen molar-refractivity contribution in [3.63, 3.8) is 0 Å². The number of anilines is 3. The van der Waals surface area contributed by atoms with Gasteiger partial charge >= 0.3 is 0 Å². The molecule has 34 heavy (non-hydrogen) atoms. The van der Waals surface area contributed by atoms with Crippen molar-refractivity contribution in [2.45, 2.75) is 0 Å². The number of nitrogens with zero attached hydrogens (tertiary/aromatic N) is 7. The van der Waals surface area contributed by atoms with Crippen molar-refractivity contribution in [2.75, 3.05) is 4.90 Å². The molecule has 0 aliphatic heterocycles. The largest absolute Gasteiger partial charge is 0.310 e. The van der Waals surface area contributed by atoms with Crippen LogP contribution in [0.4, 0.5) is 17.1 Å². The molecule has 0 amide bonds. The standard InChI is InChI=1S/C27H21N7/c1-16-28-31(19-1)22-4-10-25(11-5-22)34(26-12-6-23(7-13-26)32-20-2-17-29-32)27-14-8-24(9-15-27)33-21-3-18-30-33/h1-21H. The van der Waals surface area contributed by atoms with Crippen LogP contribution in [0.2, 0.25) is 0 Å². The molecule has 0 N–H and O–H groups in total. The van der Waals surface area contributed by atoms with Crippen LogP contribution in [-0.2, 0) is 0 Å². The Morgan fingerprint density at radius 1 is 0.412 bits per heavy atom. The Bertz CT molecular complexity index is 1260. The fourth-order valence-electron chi connectivity index (χ4n) is 3.98. The van der Waals surface area contributed by atoms with Gasteiger partial charge in [0.1, 0.15) is 0 Å². The second kappa shape index (κ2) is 8.55. The second-order valence-electron chi connectivity index (χ2n) is 7.74. The number of hydrogen-bond acceptors (Lipinski definition) is 4. The van der Waals surface area contributed by atoms with Crippen LogP contribution < -0.4 is 4.90 Å². The SMILES string of the molecule is c1cnn(-c2ccc(N(c3ccc(-n4cccn4)cc3)c3ccc(-n4cccn4)cc3)cc2)c1. The van der Waals surface area contributed by atoms with Gasteiger partial charge in [-0.2, -0.15) is 15.3 Å². The molecule has 0 aliphatic rings. The Morgan fingerprint density at radius 3 is 0.941 bits per heavy atom. The van der Waals surface area contributed by atoms with Crippen LogP contribution in [0.1, 0.15) is 0 Å². The van der Waals surface area contributed by atoms with Gasteiger partial charge in [-0.3, -0.25) is 0 Å². The van der Waals surface area contributed by atoms with Gasteiger partial charge in [0, 0.05) is 54.2 Å². The molecule has 0 radical (unpaired) electrons. The highest BCUT2D eigenvalue weighted by Crippen LogP contribution is 2.35. The quantitative estimate of drug-likeness (QED) is 0.331. The van der Waals surface area contributed by atoms with Crippen LogP contribution in [0, 0.1) is 0 Å². The summed E-state index contributed by atoms with van der Waals surface area (Å²) in [5.74, 6) is 0. The molecule has 0 fully saturated rings. The predicted octanol–water partition coefficient (Wildman–Crippen LogP) is 5.71. The van der Waals surface area contributed by atoms with E-state index < -0.39 is 0 Å². The van der Waals surface area contributed by atoms with E-state index in [9.17, 15) is 0 Å². The maximum atomic E-state index is 4.33. The molecular weight excluding hydrogens is 422 g/mol. The van der Waals surface area contributed by atoms with Crippen molar-refractivity contribution in [3.05, 3.63) is 128 Å². The average Bonchev–Trinajstić information content (AvgIpc) is 3.69. The van der Waals surface area contributed by atoms with Crippen LogP contribution in [-0.4, -0.2) is 29.3 Å². The third-order valence-electron chi connectivity index (χ3n) is 5.63. The molecule has 0 spiro atoms. The maximum Gasteiger partial charge on any atom is 0.0647 e. The Labute approximate surface area is 196 Å². The van der Waals surface area contributed by atoms with E-state index in [-0.39, 0.29) is 0 Å². The molecule has 7 nitrogen and oxygen atoms in total. The summed E-state index contributed by atoms with van der Waals surface area (Å²) in [6, 6.07) is 30.9. The molecule has 0 bridgehead atoms. The summed E-state index contributed by atoms with van der Waals surface area (Å²) in [6.07, 6.45) is 11.2. The van der Waals surface area contributed by atoms with E-state index in [1.165, 1.54) is 0 Å². The third kappa shape index (κ3) is 3.75. The number of rotatable bonds is 6. The van der Waals surface area contributed by atoms with Crippen molar-refractivity contribution in [2.24, 2.45) is 0 Å². The first-order valence-corrected chi connectivity index (χ1v) is 11.0. The minimum atomic E-state index is 1.01. The summed E-state index contributed by atoms with van der Waals surface area (Å²) < 4.78 is 5.56. The lowest BCUT2D eigenvalue weighted by molar-refractivity contribution is 0.879. The zero-order valence-electron chi connectivity index (χ0n) is 18.3. The van der Waals surface area contributed by atoms with E-state index in [0.717, 1.165) is 34.1 Å². The summed E-state index contributed by atoms with van der Waals surface area (Å²) in [4.78, 5) is 2.23. The fraction of sp³-hybridized carbons (Fsp3) is 0. The Balaban J connectivity index is 1.39. The van der Waals surface area contributed by atoms with E-state index in [1.807, 2.05) is 50.8 Å². The van der Waals surface area contributed by atoms with Gasteiger partial charge < -0.3 is 4.90 Å². The van der Waals surface area contributed by atoms with Crippen molar-refractivity contribution in [1.82, 2.24) is 29.3 Å². The van der Waals surface area contributed by atoms with Gasteiger partial charge in [0.15, 0.2) is 0 Å². The molecule has 0 saturated heterocycles. The molecule has 0 unspecified atom stereocenters. The van der Waals surface area contributed by atoms with Gasteiger partial charge in [0.2, 0.25) is 0 Å². The number of benzene rings is 3. The Morgan fingerprint density at radius 2 is 0.706 bits per heavy atom. The lowest BCUT2D eigenvalue weighted by Crippen LogP contribution is -2.10. The first-order valence-electron chi connectivity index (χ1n) is 11.0. The molecule has 3 aromatic carbocycles. The normalized spacial score (nSPS) is 10.9. The van der Waals surface area contributed by atoms with Crippen molar-refractivity contribution in [3.8, 4) is 17.1 Å². The molecule has 3 aromatic heterocycles. The minimum Gasteiger partial charge on any atom is -0.310 e. The molecule has 0 saturated carbocycles. The number of hydrogen-bond donors (Lipinski definition) is 0. The summed E-state index contributed by atoms with van der Waals surface area (Å²) in [5, 5.41) is 13.0. The highest BCUT2D eigenvalue weighted by molar-refractivity contribution is 5.77. The zero-order chi connectivity index (χ0) is 22.7. The first kappa shape index (κ1) is 19.8. The lowest BCUT2D eigenvalue weighted by Gasteiger charge is -2.26. The number of aromatic nitrogens is 6. The molecular formula is C27H21N7. The van der Waals surface area contributed by atoms with Gasteiger partial charge in [-0.05, 0) is 91.0 Å². The Hall–Kier alpha value is -4.91. The molecule has 3 heterocycles. The van der Waals surface area contributed by atoms with Crippen molar-refractivity contribution < 1.29 is 0 Å². The smallest absolute Gasteiger partial charge is 0.0647 e. The van der Waals surface area contributed by atoms with E-state index in [4.69, 9.17) is 0 Å². The van der Waals surface area contributed by atoms with Crippen LogP contribution >= 0.6 is 0 Å². The van der Waals surface area contributed by atoms with Gasteiger partial charge in [-0.25, -0.2) is 14.0 Å². The van der Waals surface area contributed by atoms with E-state index in [1.54, 1.807) is 18.6 Å². The Kier molecular flexibility index (Phi) is 4.97. The molecule has 0 aliphatic carbocycles. The molecule has 6 rings (SSSR count). The fourth-order valence-corrected chi connectivity index (χ4v) is 3.98. The van der Waals surface area contributed by atoms with Crippen LogP contribution in [0.15, 0.2) is 128 Å². The van der Waals surface area contributed by atoms with Crippen molar-refractivity contribution >= 4 is 17.1 Å². The lowest BCUT2D eigenvalue weighted by atomic mass is 10.1. The predicted molar refractivity (Wildman–Crippen MR) is 132 cm³/mol. The highest BCUT2D eigenvalue weighted by atomic mass is 15.3. The monoisotopic (exact) mass is 443 g/mol.